The normalized spacial score (nSPS) is 11.0. The van der Waals surface area contributed by atoms with E-state index in [1.54, 1.807) is 18.6 Å². The van der Waals surface area contributed by atoms with E-state index >= 15 is 0 Å². The quantitative estimate of drug-likeness (QED) is 0.568. The van der Waals surface area contributed by atoms with Gasteiger partial charge in [0.25, 0.3) is 0 Å². The molecule has 5 heteroatoms. The predicted octanol–water partition coefficient (Wildman–Crippen LogP) is 3.16. The number of aromatic nitrogens is 5. The van der Waals surface area contributed by atoms with E-state index in [0.29, 0.717) is 0 Å². The third-order valence-corrected chi connectivity index (χ3v) is 3.50. The van der Waals surface area contributed by atoms with Gasteiger partial charge in [-0.2, -0.15) is 5.10 Å². The van der Waals surface area contributed by atoms with Gasteiger partial charge in [-0.05, 0) is 43.3 Å². The molecule has 4 heterocycles. The summed E-state index contributed by atoms with van der Waals surface area (Å²) >= 11 is 0. The third-order valence-electron chi connectivity index (χ3n) is 3.50. The van der Waals surface area contributed by atoms with Crippen molar-refractivity contribution in [2.24, 2.45) is 0 Å². The van der Waals surface area contributed by atoms with Crippen LogP contribution in [0.2, 0.25) is 0 Å². The fourth-order valence-electron chi connectivity index (χ4n) is 2.54. The SMILES string of the molecule is Cc1cc(-c2c(-c3cccnc3)nc3cccnn23)ccn1. The Kier molecular flexibility index (Phi) is 2.89. The summed E-state index contributed by atoms with van der Waals surface area (Å²) in [4.78, 5) is 13.2. The van der Waals surface area contributed by atoms with Crippen LogP contribution in [0.4, 0.5) is 0 Å². The molecule has 4 aromatic rings. The van der Waals surface area contributed by atoms with Gasteiger partial charge in [0.2, 0.25) is 0 Å². The summed E-state index contributed by atoms with van der Waals surface area (Å²) in [6, 6.07) is 11.8. The average molecular weight is 287 g/mol. The van der Waals surface area contributed by atoms with Crippen molar-refractivity contribution in [3.05, 3.63) is 66.9 Å². The lowest BCUT2D eigenvalue weighted by atomic mass is 10.1. The molecule has 0 unspecified atom stereocenters. The van der Waals surface area contributed by atoms with E-state index in [0.717, 1.165) is 33.9 Å². The summed E-state index contributed by atoms with van der Waals surface area (Å²) in [5.74, 6) is 0. The summed E-state index contributed by atoms with van der Waals surface area (Å²) < 4.78 is 1.86. The second kappa shape index (κ2) is 5.04. The molecule has 5 nitrogen and oxygen atoms in total. The van der Waals surface area contributed by atoms with Gasteiger partial charge in [-0.3, -0.25) is 9.97 Å². The minimum atomic E-state index is 0.811. The Balaban J connectivity index is 2.07. The molecule has 0 spiro atoms. The molecule has 0 aliphatic rings. The van der Waals surface area contributed by atoms with Gasteiger partial charge in [-0.25, -0.2) is 9.50 Å². The fraction of sp³-hybridized carbons (Fsp3) is 0.0588. The van der Waals surface area contributed by atoms with Crippen LogP contribution in [-0.2, 0) is 0 Å². The van der Waals surface area contributed by atoms with E-state index < -0.39 is 0 Å². The molecule has 0 aromatic carbocycles. The van der Waals surface area contributed by atoms with Gasteiger partial charge in [0.1, 0.15) is 11.4 Å². The second-order valence-electron chi connectivity index (χ2n) is 5.03. The summed E-state index contributed by atoms with van der Waals surface area (Å²) in [6.45, 7) is 1.98. The molecule has 4 rings (SSSR count). The van der Waals surface area contributed by atoms with E-state index in [2.05, 4.69) is 15.1 Å². The standard InChI is InChI=1S/C17H13N5/c1-12-10-13(6-9-19-12)17-16(14-4-2-7-18-11-14)21-15-5-3-8-20-22(15)17/h2-11H,1H3. The van der Waals surface area contributed by atoms with Crippen LogP contribution in [0, 0.1) is 6.92 Å². The molecule has 0 atom stereocenters. The largest absolute Gasteiger partial charge is 0.264 e. The number of imidazole rings is 1. The van der Waals surface area contributed by atoms with Gasteiger partial charge in [0.15, 0.2) is 5.65 Å². The number of aryl methyl sites for hydroxylation is 1. The zero-order valence-corrected chi connectivity index (χ0v) is 12.0. The maximum Gasteiger partial charge on any atom is 0.154 e. The van der Waals surface area contributed by atoms with Crippen molar-refractivity contribution in [3.8, 4) is 22.5 Å². The zero-order chi connectivity index (χ0) is 14.9. The molecule has 0 fully saturated rings. The first-order chi connectivity index (χ1) is 10.8. The lowest BCUT2D eigenvalue weighted by molar-refractivity contribution is 0.942. The topological polar surface area (TPSA) is 56.0 Å². The van der Waals surface area contributed by atoms with E-state index in [-0.39, 0.29) is 0 Å². The minimum Gasteiger partial charge on any atom is -0.264 e. The van der Waals surface area contributed by atoms with Crippen molar-refractivity contribution in [2.75, 3.05) is 0 Å². The Morgan fingerprint density at radius 2 is 1.86 bits per heavy atom. The first-order valence-corrected chi connectivity index (χ1v) is 7.00. The number of pyridine rings is 2. The molecule has 0 aliphatic heterocycles. The minimum absolute atomic E-state index is 0.811. The second-order valence-corrected chi connectivity index (χ2v) is 5.03. The number of hydrogen-bond acceptors (Lipinski definition) is 4. The number of rotatable bonds is 2. The molecule has 0 N–H and O–H groups in total. The van der Waals surface area contributed by atoms with Crippen LogP contribution < -0.4 is 0 Å². The lowest BCUT2D eigenvalue weighted by Gasteiger charge is -2.05. The van der Waals surface area contributed by atoms with Crippen LogP contribution in [-0.4, -0.2) is 24.6 Å². The van der Waals surface area contributed by atoms with Crippen molar-refractivity contribution < 1.29 is 0 Å². The predicted molar refractivity (Wildman–Crippen MR) is 84.2 cm³/mol. The molecular weight excluding hydrogens is 274 g/mol. The Labute approximate surface area is 127 Å². The van der Waals surface area contributed by atoms with E-state index in [1.165, 1.54) is 0 Å². The number of fused-ring (bicyclic) bond motifs is 1. The number of hydrogen-bond donors (Lipinski definition) is 0. The van der Waals surface area contributed by atoms with Gasteiger partial charge >= 0.3 is 0 Å². The first kappa shape index (κ1) is 12.6. The molecule has 0 bridgehead atoms. The first-order valence-electron chi connectivity index (χ1n) is 7.00. The summed E-state index contributed by atoms with van der Waals surface area (Å²) in [5.41, 5.74) is 5.60. The Morgan fingerprint density at radius 1 is 0.955 bits per heavy atom. The Hall–Kier alpha value is -3.08. The van der Waals surface area contributed by atoms with Gasteiger partial charge in [-0.1, -0.05) is 0 Å². The van der Waals surface area contributed by atoms with Crippen molar-refractivity contribution in [1.29, 1.82) is 0 Å². The van der Waals surface area contributed by atoms with Crippen LogP contribution in [0.25, 0.3) is 28.2 Å². The van der Waals surface area contributed by atoms with Crippen LogP contribution in [0.5, 0.6) is 0 Å². The molecule has 0 amide bonds. The Bertz CT molecular complexity index is 944. The lowest BCUT2D eigenvalue weighted by Crippen LogP contribution is -1.94. The summed E-state index contributed by atoms with van der Waals surface area (Å²) in [6.07, 6.45) is 7.15. The van der Waals surface area contributed by atoms with E-state index in [4.69, 9.17) is 4.98 Å². The van der Waals surface area contributed by atoms with Crippen LogP contribution in [0.3, 0.4) is 0 Å². The van der Waals surface area contributed by atoms with Crippen molar-refractivity contribution in [1.82, 2.24) is 24.6 Å². The highest BCUT2D eigenvalue weighted by atomic mass is 15.3. The Morgan fingerprint density at radius 3 is 2.68 bits per heavy atom. The van der Waals surface area contributed by atoms with Gasteiger partial charge in [0.05, 0.1) is 0 Å². The number of nitrogens with zero attached hydrogens (tertiary/aromatic N) is 5. The molecule has 22 heavy (non-hydrogen) atoms. The highest BCUT2D eigenvalue weighted by Gasteiger charge is 2.16. The summed E-state index contributed by atoms with van der Waals surface area (Å²) in [5, 5.41) is 4.45. The highest BCUT2D eigenvalue weighted by molar-refractivity contribution is 5.81. The van der Waals surface area contributed by atoms with E-state index in [1.807, 2.05) is 54.0 Å². The van der Waals surface area contributed by atoms with Crippen LogP contribution in [0.15, 0.2) is 61.2 Å². The smallest absolute Gasteiger partial charge is 0.154 e. The average Bonchev–Trinajstić information content (AvgIpc) is 2.95. The van der Waals surface area contributed by atoms with Gasteiger partial charge in [-0.15, -0.1) is 0 Å². The molecule has 0 aliphatic carbocycles. The van der Waals surface area contributed by atoms with Gasteiger partial charge < -0.3 is 0 Å². The van der Waals surface area contributed by atoms with Gasteiger partial charge in [0, 0.05) is 41.6 Å². The maximum absolute atomic E-state index is 4.73. The van der Waals surface area contributed by atoms with Crippen molar-refractivity contribution in [3.63, 3.8) is 0 Å². The molecule has 4 aromatic heterocycles. The van der Waals surface area contributed by atoms with Crippen LogP contribution >= 0.6 is 0 Å². The third kappa shape index (κ3) is 2.03. The van der Waals surface area contributed by atoms with E-state index in [9.17, 15) is 0 Å². The fourth-order valence-corrected chi connectivity index (χ4v) is 2.54. The molecule has 0 saturated heterocycles. The maximum atomic E-state index is 4.73. The van der Waals surface area contributed by atoms with Crippen LogP contribution in [0.1, 0.15) is 5.69 Å². The highest BCUT2D eigenvalue weighted by Crippen LogP contribution is 2.31. The monoisotopic (exact) mass is 287 g/mol. The molecule has 0 radical (unpaired) electrons. The molecular formula is C17H13N5. The zero-order valence-electron chi connectivity index (χ0n) is 12.0. The summed E-state index contributed by atoms with van der Waals surface area (Å²) in [7, 11) is 0. The van der Waals surface area contributed by atoms with Crippen molar-refractivity contribution >= 4 is 5.65 Å². The molecule has 0 saturated carbocycles. The molecule has 106 valence electrons. The van der Waals surface area contributed by atoms with Crippen molar-refractivity contribution in [2.45, 2.75) is 6.92 Å².